The first-order valence-electron chi connectivity index (χ1n) is 7.04. The minimum Gasteiger partial charge on any atom is -0.456 e. The molecule has 0 aliphatic carbocycles. The second-order valence-corrected chi connectivity index (χ2v) is 5.79. The average molecular weight is 391 g/mol. The third-order valence-corrected chi connectivity index (χ3v) is 3.39. The molecule has 0 saturated carbocycles. The Morgan fingerprint density at radius 2 is 1.67 bits per heavy atom. The van der Waals surface area contributed by atoms with Crippen molar-refractivity contribution in [2.45, 2.75) is 6.92 Å². The van der Waals surface area contributed by atoms with Crippen LogP contribution >= 0.6 is 15.9 Å². The number of hydrogen-bond acceptors (Lipinski definition) is 4. The molecule has 0 aromatic heterocycles. The quantitative estimate of drug-likeness (QED) is 0.767. The van der Waals surface area contributed by atoms with E-state index < -0.39 is 11.9 Å². The van der Waals surface area contributed by atoms with Gasteiger partial charge in [0.15, 0.2) is 6.61 Å². The molecule has 0 fully saturated rings. The molecular formula is C17H15BrN2O4. The van der Waals surface area contributed by atoms with Crippen molar-refractivity contribution in [1.29, 1.82) is 0 Å². The number of hydrogen-bond donors (Lipinski definition) is 2. The van der Waals surface area contributed by atoms with Crippen LogP contribution in [0.5, 0.6) is 0 Å². The van der Waals surface area contributed by atoms with Crippen LogP contribution in [0.15, 0.2) is 53.0 Å². The summed E-state index contributed by atoms with van der Waals surface area (Å²) >= 11 is 3.34. The van der Waals surface area contributed by atoms with E-state index in [1.807, 2.05) is 12.1 Å². The first-order chi connectivity index (χ1) is 11.4. The van der Waals surface area contributed by atoms with Crippen LogP contribution in [0.3, 0.4) is 0 Å². The van der Waals surface area contributed by atoms with Crippen LogP contribution in [-0.4, -0.2) is 24.4 Å². The number of nitrogens with one attached hydrogen (secondary N) is 2. The zero-order valence-corrected chi connectivity index (χ0v) is 14.4. The molecule has 0 bridgehead atoms. The van der Waals surface area contributed by atoms with Crippen molar-refractivity contribution in [3.05, 3.63) is 58.6 Å². The van der Waals surface area contributed by atoms with Crippen LogP contribution in [0.25, 0.3) is 0 Å². The molecule has 2 amide bonds. The summed E-state index contributed by atoms with van der Waals surface area (Å²) < 4.78 is 5.46. The smallest absolute Gasteiger partial charge is 0.303 e. The van der Waals surface area contributed by atoms with E-state index in [4.69, 9.17) is 0 Å². The predicted molar refractivity (Wildman–Crippen MR) is 93.8 cm³/mol. The number of rotatable bonds is 5. The Kier molecular flexibility index (Phi) is 6.08. The van der Waals surface area contributed by atoms with Crippen LogP contribution < -0.4 is 10.6 Å². The molecular weight excluding hydrogens is 376 g/mol. The number of benzene rings is 2. The number of amides is 2. The van der Waals surface area contributed by atoms with Crippen molar-refractivity contribution in [2.24, 2.45) is 0 Å². The second kappa shape index (κ2) is 8.26. The Morgan fingerprint density at radius 3 is 2.33 bits per heavy atom. The van der Waals surface area contributed by atoms with Gasteiger partial charge in [-0.1, -0.05) is 28.1 Å². The van der Waals surface area contributed by atoms with Crippen molar-refractivity contribution in [2.75, 3.05) is 17.2 Å². The molecule has 2 rings (SSSR count). The number of halogens is 1. The van der Waals surface area contributed by atoms with Gasteiger partial charge in [-0.15, -0.1) is 0 Å². The van der Waals surface area contributed by atoms with Crippen molar-refractivity contribution in [3.8, 4) is 0 Å². The average Bonchev–Trinajstić information content (AvgIpc) is 2.53. The summed E-state index contributed by atoms with van der Waals surface area (Å²) in [6.45, 7) is 0.851. The molecule has 2 aromatic rings. The van der Waals surface area contributed by atoms with Gasteiger partial charge in [-0.25, -0.2) is 0 Å². The Hall–Kier alpha value is -2.67. The lowest BCUT2D eigenvalue weighted by atomic mass is 10.2. The highest BCUT2D eigenvalue weighted by molar-refractivity contribution is 9.10. The van der Waals surface area contributed by atoms with Gasteiger partial charge in [-0.2, -0.15) is 0 Å². The van der Waals surface area contributed by atoms with E-state index in [-0.39, 0.29) is 12.5 Å². The maximum absolute atomic E-state index is 12.3. The summed E-state index contributed by atoms with van der Waals surface area (Å²) in [6, 6.07) is 13.7. The Balaban J connectivity index is 2.02. The fourth-order valence-corrected chi connectivity index (χ4v) is 2.27. The number of anilines is 2. The number of carbonyl (C=O) groups is 3. The summed E-state index contributed by atoms with van der Waals surface area (Å²) in [7, 11) is 0. The molecule has 24 heavy (non-hydrogen) atoms. The molecule has 0 aliphatic rings. The first-order valence-corrected chi connectivity index (χ1v) is 7.83. The fourth-order valence-electron chi connectivity index (χ4n) is 1.87. The maximum atomic E-state index is 12.3. The lowest BCUT2D eigenvalue weighted by Crippen LogP contribution is -2.20. The zero-order valence-electron chi connectivity index (χ0n) is 12.8. The summed E-state index contributed by atoms with van der Waals surface area (Å²) in [5, 5.41) is 5.33. The molecule has 7 heteroatoms. The standard InChI is InChI=1S/C17H15BrN2O4/c1-11(21)24-10-16(22)19-14-6-2-4-12(8-14)17(23)20-15-7-3-5-13(18)9-15/h2-9H,10H2,1H3,(H,19,22)(H,20,23). The van der Waals surface area contributed by atoms with Crippen molar-refractivity contribution in [3.63, 3.8) is 0 Å². The molecule has 0 saturated heterocycles. The zero-order chi connectivity index (χ0) is 17.5. The summed E-state index contributed by atoms with van der Waals surface area (Å²) in [5.41, 5.74) is 1.48. The van der Waals surface area contributed by atoms with E-state index in [9.17, 15) is 14.4 Å². The third-order valence-electron chi connectivity index (χ3n) is 2.90. The van der Waals surface area contributed by atoms with Gasteiger partial charge < -0.3 is 15.4 Å². The Bertz CT molecular complexity index is 777. The highest BCUT2D eigenvalue weighted by Gasteiger charge is 2.09. The minimum atomic E-state index is -0.535. The molecule has 124 valence electrons. The Morgan fingerprint density at radius 1 is 1.00 bits per heavy atom. The molecule has 2 aromatic carbocycles. The van der Waals surface area contributed by atoms with E-state index in [1.165, 1.54) is 6.92 Å². The predicted octanol–water partition coefficient (Wildman–Crippen LogP) is 3.20. The third kappa shape index (κ3) is 5.51. The normalized spacial score (nSPS) is 9.92. The Labute approximate surface area is 147 Å². The molecule has 2 N–H and O–H groups in total. The van der Waals surface area contributed by atoms with Gasteiger partial charge in [-0.05, 0) is 36.4 Å². The number of esters is 1. The van der Waals surface area contributed by atoms with Crippen molar-refractivity contribution in [1.82, 2.24) is 0 Å². The summed E-state index contributed by atoms with van der Waals surface area (Å²) in [5.74, 6) is -1.31. The molecule has 0 unspecified atom stereocenters. The van der Waals surface area contributed by atoms with Crippen molar-refractivity contribution >= 4 is 45.1 Å². The van der Waals surface area contributed by atoms with Gasteiger partial charge in [0.2, 0.25) is 0 Å². The van der Waals surface area contributed by atoms with Crippen molar-refractivity contribution < 1.29 is 19.1 Å². The molecule has 0 spiro atoms. The van der Waals surface area contributed by atoms with Gasteiger partial charge in [0.1, 0.15) is 0 Å². The van der Waals surface area contributed by atoms with Crippen LogP contribution in [0.1, 0.15) is 17.3 Å². The maximum Gasteiger partial charge on any atom is 0.303 e. The van der Waals surface area contributed by atoms with Crippen LogP contribution in [0, 0.1) is 0 Å². The topological polar surface area (TPSA) is 84.5 Å². The highest BCUT2D eigenvalue weighted by Crippen LogP contribution is 2.17. The lowest BCUT2D eigenvalue weighted by molar-refractivity contribution is -0.144. The molecule has 0 radical (unpaired) electrons. The summed E-state index contributed by atoms with van der Waals surface area (Å²) in [6.07, 6.45) is 0. The second-order valence-electron chi connectivity index (χ2n) is 4.87. The van der Waals surface area contributed by atoms with Gasteiger partial charge in [-0.3, -0.25) is 14.4 Å². The van der Waals surface area contributed by atoms with Gasteiger partial charge in [0.05, 0.1) is 0 Å². The minimum absolute atomic E-state index is 0.302. The molecule has 0 atom stereocenters. The SMILES string of the molecule is CC(=O)OCC(=O)Nc1cccc(C(=O)Nc2cccc(Br)c2)c1. The molecule has 0 heterocycles. The van der Waals surface area contributed by atoms with E-state index >= 15 is 0 Å². The summed E-state index contributed by atoms with van der Waals surface area (Å²) in [4.78, 5) is 34.6. The van der Waals surface area contributed by atoms with Gasteiger partial charge in [0.25, 0.3) is 11.8 Å². The molecule has 0 aliphatic heterocycles. The highest BCUT2D eigenvalue weighted by atomic mass is 79.9. The van der Waals surface area contributed by atoms with Gasteiger partial charge >= 0.3 is 5.97 Å². The van der Waals surface area contributed by atoms with E-state index in [0.717, 1.165) is 4.47 Å². The van der Waals surface area contributed by atoms with E-state index in [1.54, 1.807) is 36.4 Å². The lowest BCUT2D eigenvalue weighted by Gasteiger charge is -2.09. The van der Waals surface area contributed by atoms with Crippen LogP contribution in [0.4, 0.5) is 11.4 Å². The van der Waals surface area contributed by atoms with Gasteiger partial charge in [0, 0.05) is 28.3 Å². The monoisotopic (exact) mass is 390 g/mol. The van der Waals surface area contributed by atoms with E-state index in [2.05, 4.69) is 31.3 Å². The largest absolute Gasteiger partial charge is 0.456 e. The fraction of sp³-hybridized carbons (Fsp3) is 0.118. The van der Waals surface area contributed by atoms with E-state index in [0.29, 0.717) is 16.9 Å². The molecule has 6 nitrogen and oxygen atoms in total. The first kappa shape index (κ1) is 17.7. The van der Waals surface area contributed by atoms with Crippen LogP contribution in [-0.2, 0) is 14.3 Å². The van der Waals surface area contributed by atoms with Crippen LogP contribution in [0.2, 0.25) is 0 Å². The number of ether oxygens (including phenoxy) is 1. The number of carbonyl (C=O) groups excluding carboxylic acids is 3.